The van der Waals surface area contributed by atoms with Crippen molar-refractivity contribution >= 4 is 23.9 Å². The Morgan fingerprint density at radius 3 is 2.21 bits per heavy atom. The Morgan fingerprint density at radius 2 is 1.71 bits per heavy atom. The number of methoxy groups -OCH3 is 2. The van der Waals surface area contributed by atoms with Crippen molar-refractivity contribution in [3.05, 3.63) is 41.5 Å². The number of rotatable bonds is 7. The average molecular weight is 403 g/mol. The average Bonchev–Trinajstić information content (AvgIpc) is 2.66. The monoisotopic (exact) mass is 402 g/mol. The fourth-order valence-electron chi connectivity index (χ4n) is 2.12. The number of nitrogens with one attached hydrogen (secondary N) is 1. The summed E-state index contributed by atoms with van der Waals surface area (Å²) in [5.74, 6) is 0.589. The number of benzene rings is 1. The lowest BCUT2D eigenvalue weighted by Crippen LogP contribution is -2.27. The molecule has 0 saturated heterocycles. The molecule has 0 aliphatic heterocycles. The van der Waals surface area contributed by atoms with Gasteiger partial charge in [0.2, 0.25) is 11.8 Å². The van der Waals surface area contributed by atoms with Crippen LogP contribution in [0.15, 0.2) is 40.6 Å². The van der Waals surface area contributed by atoms with Gasteiger partial charge in [-0.3, -0.25) is 4.79 Å². The SMILES string of the molecule is COc1cc(OC)nc(SC(C=NNC(=O)c2ccc(C)cc2)C(C)(C)C)n1. The lowest BCUT2D eigenvalue weighted by atomic mass is 9.92. The van der Waals surface area contributed by atoms with Crippen LogP contribution in [0.1, 0.15) is 36.7 Å². The zero-order valence-electron chi connectivity index (χ0n) is 17.0. The molecular weight excluding hydrogens is 376 g/mol. The predicted octanol–water partition coefficient (Wildman–Crippen LogP) is 3.72. The standard InChI is InChI=1S/C20H26N4O3S/c1-13-7-9-14(10-8-13)18(25)24-21-12-15(20(2,3)4)28-19-22-16(26-5)11-17(23-19)27-6/h7-12,15H,1-6H3,(H,24,25). The number of hydrogen-bond acceptors (Lipinski definition) is 7. The summed E-state index contributed by atoms with van der Waals surface area (Å²) in [5, 5.41) is 4.57. The molecule has 2 rings (SSSR count). The largest absolute Gasteiger partial charge is 0.481 e. The van der Waals surface area contributed by atoms with Crippen LogP contribution in [-0.4, -0.2) is 41.6 Å². The first kappa shape index (κ1) is 21.7. The Balaban J connectivity index is 2.13. The molecule has 0 fully saturated rings. The molecule has 1 heterocycles. The van der Waals surface area contributed by atoms with E-state index in [1.165, 1.54) is 11.8 Å². The van der Waals surface area contributed by atoms with Gasteiger partial charge in [-0.25, -0.2) is 5.43 Å². The van der Waals surface area contributed by atoms with Crippen molar-refractivity contribution in [3.8, 4) is 11.8 Å². The molecule has 1 aromatic heterocycles. The van der Waals surface area contributed by atoms with Crippen LogP contribution in [-0.2, 0) is 0 Å². The Morgan fingerprint density at radius 1 is 1.14 bits per heavy atom. The third-order valence-corrected chi connectivity index (χ3v) is 5.33. The molecule has 1 N–H and O–H groups in total. The van der Waals surface area contributed by atoms with Crippen LogP contribution in [0.25, 0.3) is 0 Å². The summed E-state index contributed by atoms with van der Waals surface area (Å²) in [6.07, 6.45) is 1.70. The number of hydrazone groups is 1. The van der Waals surface area contributed by atoms with E-state index in [1.807, 2.05) is 19.1 Å². The summed E-state index contributed by atoms with van der Waals surface area (Å²) in [6.45, 7) is 8.21. The van der Waals surface area contributed by atoms with Crippen molar-refractivity contribution in [2.45, 2.75) is 38.1 Å². The number of ether oxygens (including phenoxy) is 2. The molecule has 7 nitrogen and oxygen atoms in total. The van der Waals surface area contributed by atoms with Crippen molar-refractivity contribution in [2.75, 3.05) is 14.2 Å². The zero-order chi connectivity index (χ0) is 20.7. The van der Waals surface area contributed by atoms with Gasteiger partial charge in [0.1, 0.15) is 0 Å². The summed E-state index contributed by atoms with van der Waals surface area (Å²) >= 11 is 1.42. The molecule has 0 aliphatic rings. The molecule has 0 bridgehead atoms. The summed E-state index contributed by atoms with van der Waals surface area (Å²) in [6, 6.07) is 8.94. The van der Waals surface area contributed by atoms with Crippen LogP contribution >= 0.6 is 11.8 Å². The summed E-state index contributed by atoms with van der Waals surface area (Å²) < 4.78 is 10.4. The highest BCUT2D eigenvalue weighted by molar-refractivity contribution is 8.00. The van der Waals surface area contributed by atoms with Crippen molar-refractivity contribution in [2.24, 2.45) is 10.5 Å². The van der Waals surface area contributed by atoms with E-state index in [-0.39, 0.29) is 16.6 Å². The zero-order valence-corrected chi connectivity index (χ0v) is 17.8. The Hall–Kier alpha value is -2.61. The summed E-state index contributed by atoms with van der Waals surface area (Å²) in [7, 11) is 3.08. The minimum atomic E-state index is -0.256. The lowest BCUT2D eigenvalue weighted by molar-refractivity contribution is 0.0955. The molecular formula is C20H26N4O3S. The normalized spacial score (nSPS) is 12.6. The van der Waals surface area contributed by atoms with Gasteiger partial charge in [-0.1, -0.05) is 50.2 Å². The van der Waals surface area contributed by atoms with Gasteiger partial charge in [-0.15, -0.1) is 0 Å². The van der Waals surface area contributed by atoms with Crippen LogP contribution < -0.4 is 14.9 Å². The van der Waals surface area contributed by atoms with E-state index in [2.05, 4.69) is 41.3 Å². The molecule has 1 atom stereocenters. The van der Waals surface area contributed by atoms with Crippen molar-refractivity contribution in [1.82, 2.24) is 15.4 Å². The number of aromatic nitrogens is 2. The quantitative estimate of drug-likeness (QED) is 0.329. The van der Waals surface area contributed by atoms with E-state index in [0.717, 1.165) is 5.56 Å². The number of nitrogens with zero attached hydrogens (tertiary/aromatic N) is 3. The minimum Gasteiger partial charge on any atom is -0.481 e. The molecule has 8 heteroatoms. The van der Waals surface area contributed by atoms with Crippen LogP contribution in [0.2, 0.25) is 0 Å². The second-order valence-electron chi connectivity index (χ2n) is 7.22. The molecule has 150 valence electrons. The first-order valence-electron chi connectivity index (χ1n) is 8.77. The van der Waals surface area contributed by atoms with Gasteiger partial charge in [0.25, 0.3) is 5.91 Å². The van der Waals surface area contributed by atoms with Gasteiger partial charge in [-0.2, -0.15) is 15.1 Å². The second kappa shape index (κ2) is 9.54. The van der Waals surface area contributed by atoms with Gasteiger partial charge in [0.15, 0.2) is 5.16 Å². The number of carbonyl (C=O) groups excluding carboxylic acids is 1. The van der Waals surface area contributed by atoms with Crippen LogP contribution in [0, 0.1) is 12.3 Å². The van der Waals surface area contributed by atoms with E-state index in [0.29, 0.717) is 22.5 Å². The van der Waals surface area contributed by atoms with Crippen LogP contribution in [0.4, 0.5) is 0 Å². The molecule has 28 heavy (non-hydrogen) atoms. The molecule has 1 aromatic carbocycles. The first-order chi connectivity index (χ1) is 13.2. The molecule has 0 saturated carbocycles. The van der Waals surface area contributed by atoms with Gasteiger partial charge in [0, 0.05) is 11.8 Å². The highest BCUT2D eigenvalue weighted by Crippen LogP contribution is 2.34. The maximum absolute atomic E-state index is 12.2. The highest BCUT2D eigenvalue weighted by atomic mass is 32.2. The Bertz CT molecular complexity index is 810. The Labute approximate surface area is 170 Å². The van der Waals surface area contributed by atoms with E-state index < -0.39 is 0 Å². The van der Waals surface area contributed by atoms with E-state index in [1.54, 1.807) is 38.6 Å². The van der Waals surface area contributed by atoms with Crippen LogP contribution in [0.5, 0.6) is 11.8 Å². The number of carbonyl (C=O) groups is 1. The Kier molecular flexibility index (Phi) is 7.39. The molecule has 1 unspecified atom stereocenters. The number of thioether (sulfide) groups is 1. The highest BCUT2D eigenvalue weighted by Gasteiger charge is 2.26. The van der Waals surface area contributed by atoms with Crippen molar-refractivity contribution < 1.29 is 14.3 Å². The van der Waals surface area contributed by atoms with Gasteiger partial charge < -0.3 is 9.47 Å². The van der Waals surface area contributed by atoms with Gasteiger partial charge >= 0.3 is 0 Å². The molecule has 2 aromatic rings. The van der Waals surface area contributed by atoms with E-state index in [9.17, 15) is 4.79 Å². The third-order valence-electron chi connectivity index (χ3n) is 3.85. The van der Waals surface area contributed by atoms with E-state index >= 15 is 0 Å². The maximum atomic E-state index is 12.2. The maximum Gasteiger partial charge on any atom is 0.271 e. The third kappa shape index (κ3) is 6.23. The van der Waals surface area contributed by atoms with Crippen LogP contribution in [0.3, 0.4) is 0 Å². The molecule has 0 aliphatic carbocycles. The molecule has 0 spiro atoms. The fourth-order valence-corrected chi connectivity index (χ4v) is 3.11. The molecule has 1 amide bonds. The van der Waals surface area contributed by atoms with E-state index in [4.69, 9.17) is 9.47 Å². The van der Waals surface area contributed by atoms with Gasteiger partial charge in [-0.05, 0) is 24.5 Å². The summed E-state index contributed by atoms with van der Waals surface area (Å²) in [5.41, 5.74) is 4.08. The van der Waals surface area contributed by atoms with Crippen molar-refractivity contribution in [1.29, 1.82) is 0 Å². The predicted molar refractivity (Wildman–Crippen MR) is 111 cm³/mol. The number of amides is 1. The summed E-state index contributed by atoms with van der Waals surface area (Å²) in [4.78, 5) is 20.9. The minimum absolute atomic E-state index is 0.0948. The number of hydrogen-bond donors (Lipinski definition) is 1. The second-order valence-corrected chi connectivity index (χ2v) is 8.33. The molecule has 0 radical (unpaired) electrons. The van der Waals surface area contributed by atoms with Gasteiger partial charge in [0.05, 0.1) is 25.5 Å². The lowest BCUT2D eigenvalue weighted by Gasteiger charge is -2.26. The first-order valence-corrected chi connectivity index (χ1v) is 9.65. The number of aryl methyl sites for hydroxylation is 1. The topological polar surface area (TPSA) is 85.7 Å². The fraction of sp³-hybridized carbons (Fsp3) is 0.400. The smallest absolute Gasteiger partial charge is 0.271 e. The van der Waals surface area contributed by atoms with Crippen molar-refractivity contribution in [3.63, 3.8) is 0 Å².